The molecule has 1 aliphatic heterocycles. The Morgan fingerprint density at radius 3 is 2.48 bits per heavy atom. The van der Waals surface area contributed by atoms with E-state index in [-0.39, 0.29) is 24.2 Å². The van der Waals surface area contributed by atoms with Crippen LogP contribution in [0, 0.1) is 13.8 Å². The number of amides is 1. The van der Waals surface area contributed by atoms with Gasteiger partial charge in [0, 0.05) is 20.0 Å². The molecule has 0 radical (unpaired) electrons. The van der Waals surface area contributed by atoms with Crippen molar-refractivity contribution < 1.29 is 17.9 Å². The molecule has 0 spiro atoms. The zero-order valence-corrected chi connectivity index (χ0v) is 19.7. The minimum Gasteiger partial charge on any atom is -0.478 e. The topological polar surface area (TPSA) is 103 Å². The number of sulfonamides is 1. The zero-order valence-electron chi connectivity index (χ0n) is 18.9. The van der Waals surface area contributed by atoms with Crippen molar-refractivity contribution in [3.05, 3.63) is 70.1 Å². The van der Waals surface area contributed by atoms with Crippen molar-refractivity contribution >= 4 is 27.3 Å². The van der Waals surface area contributed by atoms with Crippen LogP contribution < -0.4 is 19.9 Å². The first kappa shape index (κ1) is 22.7. The fourth-order valence-corrected chi connectivity index (χ4v) is 4.87. The third-order valence-corrected chi connectivity index (χ3v) is 6.92. The third-order valence-electron chi connectivity index (χ3n) is 5.74. The summed E-state index contributed by atoms with van der Waals surface area (Å²) in [7, 11) is -1.83. The Morgan fingerprint density at radius 2 is 1.82 bits per heavy atom. The van der Waals surface area contributed by atoms with Crippen molar-refractivity contribution in [2.45, 2.75) is 26.4 Å². The lowest BCUT2D eigenvalue weighted by atomic mass is 10.2. The van der Waals surface area contributed by atoms with Gasteiger partial charge in [0.25, 0.3) is 11.5 Å². The molecule has 1 amide bonds. The molecular formula is C23H26N4O5S. The summed E-state index contributed by atoms with van der Waals surface area (Å²) in [5, 5.41) is 2.72. The van der Waals surface area contributed by atoms with Crippen molar-refractivity contribution in [1.82, 2.24) is 9.36 Å². The first-order valence-corrected chi connectivity index (χ1v) is 12.3. The molecule has 4 rings (SSSR count). The highest BCUT2D eigenvalue weighted by atomic mass is 32.2. The predicted octanol–water partition coefficient (Wildman–Crippen LogP) is 2.35. The molecule has 1 atom stereocenters. The first-order chi connectivity index (χ1) is 15.6. The Morgan fingerprint density at radius 1 is 1.12 bits per heavy atom. The van der Waals surface area contributed by atoms with Crippen LogP contribution in [0.5, 0.6) is 5.75 Å². The summed E-state index contributed by atoms with van der Waals surface area (Å²) in [5.41, 5.74) is 2.32. The normalized spacial score (nSPS) is 16.0. The minimum absolute atomic E-state index is 0.0788. The first-order valence-electron chi connectivity index (χ1n) is 10.5. The van der Waals surface area contributed by atoms with Gasteiger partial charge in [-0.1, -0.05) is 24.3 Å². The van der Waals surface area contributed by atoms with Crippen LogP contribution in [0.2, 0.25) is 0 Å². The van der Waals surface area contributed by atoms with Gasteiger partial charge < -0.3 is 10.1 Å². The summed E-state index contributed by atoms with van der Waals surface area (Å²) in [6.45, 7) is 3.68. The van der Waals surface area contributed by atoms with Gasteiger partial charge >= 0.3 is 0 Å². The quantitative estimate of drug-likeness (QED) is 0.631. The van der Waals surface area contributed by atoms with E-state index in [1.807, 2.05) is 25.1 Å². The number of benzene rings is 2. The highest BCUT2D eigenvalue weighted by molar-refractivity contribution is 7.92. The van der Waals surface area contributed by atoms with Gasteiger partial charge in [-0.2, -0.15) is 0 Å². The molecule has 3 aromatic rings. The predicted molar refractivity (Wildman–Crippen MR) is 127 cm³/mol. The number of hydrogen-bond acceptors (Lipinski definition) is 5. The number of rotatable bonds is 4. The number of aromatic nitrogens is 2. The molecule has 1 aromatic heterocycles. The minimum atomic E-state index is -3.57. The molecule has 10 heteroatoms. The highest BCUT2D eigenvalue weighted by Crippen LogP contribution is 2.35. The molecule has 0 aliphatic carbocycles. The van der Waals surface area contributed by atoms with E-state index in [4.69, 9.17) is 4.74 Å². The lowest BCUT2D eigenvalue weighted by Gasteiger charge is -2.21. The van der Waals surface area contributed by atoms with Gasteiger partial charge in [0.2, 0.25) is 10.0 Å². The SMILES string of the molecule is Cc1ccc2c(c1)N(S(C)(=O)=O)CCC(C(=O)Nc1c(C)n(C)n(-c3ccccc3)c1=O)O2. The molecule has 2 heterocycles. The Hall–Kier alpha value is -3.53. The van der Waals surface area contributed by atoms with Crippen LogP contribution in [0.4, 0.5) is 11.4 Å². The van der Waals surface area contributed by atoms with E-state index in [0.717, 1.165) is 11.8 Å². The number of nitrogens with zero attached hydrogens (tertiary/aromatic N) is 3. The summed E-state index contributed by atoms with van der Waals surface area (Å²) in [6, 6.07) is 14.3. The molecular weight excluding hydrogens is 444 g/mol. The Bertz CT molecular complexity index is 1380. The van der Waals surface area contributed by atoms with Crippen LogP contribution >= 0.6 is 0 Å². The van der Waals surface area contributed by atoms with Gasteiger partial charge in [0.05, 0.1) is 23.3 Å². The maximum Gasteiger partial charge on any atom is 0.295 e. The van der Waals surface area contributed by atoms with E-state index in [2.05, 4.69) is 5.32 Å². The van der Waals surface area contributed by atoms with Crippen LogP contribution in [0.1, 0.15) is 17.7 Å². The van der Waals surface area contributed by atoms with Crippen LogP contribution in [0.3, 0.4) is 0 Å². The highest BCUT2D eigenvalue weighted by Gasteiger charge is 2.32. The number of aryl methyl sites for hydroxylation is 1. The van der Waals surface area contributed by atoms with E-state index in [9.17, 15) is 18.0 Å². The van der Waals surface area contributed by atoms with Crippen molar-refractivity contribution in [3.63, 3.8) is 0 Å². The summed E-state index contributed by atoms with van der Waals surface area (Å²) < 4.78 is 35.1. The van der Waals surface area contributed by atoms with Crippen molar-refractivity contribution in [2.75, 3.05) is 22.4 Å². The molecule has 174 valence electrons. The molecule has 0 saturated carbocycles. The molecule has 1 N–H and O–H groups in total. The van der Waals surface area contributed by atoms with Gasteiger partial charge in [-0.05, 0) is 43.7 Å². The Kier molecular flexibility index (Phi) is 5.79. The maximum atomic E-state index is 13.2. The largest absolute Gasteiger partial charge is 0.478 e. The summed E-state index contributed by atoms with van der Waals surface area (Å²) >= 11 is 0. The summed E-state index contributed by atoms with van der Waals surface area (Å²) in [6.07, 6.45) is 0.284. The van der Waals surface area contributed by atoms with Gasteiger partial charge in [-0.25, -0.2) is 13.1 Å². The molecule has 2 aromatic carbocycles. The van der Waals surface area contributed by atoms with Crippen LogP contribution in [0.25, 0.3) is 5.69 Å². The average Bonchev–Trinajstić information content (AvgIpc) is 2.90. The van der Waals surface area contributed by atoms with Crippen LogP contribution in [-0.2, 0) is 21.9 Å². The van der Waals surface area contributed by atoms with Crippen LogP contribution in [-0.4, -0.2) is 42.6 Å². The molecule has 0 saturated heterocycles. The van der Waals surface area contributed by atoms with Gasteiger partial charge in [0.15, 0.2) is 6.10 Å². The Labute approximate surface area is 192 Å². The second-order valence-electron chi connectivity index (χ2n) is 8.13. The monoisotopic (exact) mass is 470 g/mol. The van der Waals surface area contributed by atoms with Crippen LogP contribution in [0.15, 0.2) is 53.3 Å². The van der Waals surface area contributed by atoms with E-state index < -0.39 is 22.0 Å². The smallest absolute Gasteiger partial charge is 0.295 e. The number of anilines is 2. The molecule has 0 bridgehead atoms. The van der Waals surface area contributed by atoms with E-state index in [1.165, 1.54) is 8.99 Å². The number of carbonyl (C=O) groups is 1. The Balaban J connectivity index is 1.65. The molecule has 1 aliphatic rings. The number of nitrogens with one attached hydrogen (secondary N) is 1. The van der Waals surface area contributed by atoms with Gasteiger partial charge in [0.1, 0.15) is 11.4 Å². The number of hydrogen-bond donors (Lipinski definition) is 1. The van der Waals surface area contributed by atoms with E-state index in [1.54, 1.807) is 49.0 Å². The van der Waals surface area contributed by atoms with Gasteiger partial charge in [-0.3, -0.25) is 18.6 Å². The fraction of sp³-hybridized carbons (Fsp3) is 0.304. The standard InChI is InChI=1S/C23H26N4O5S/c1-15-10-11-19-18(14-15)26(33(4,30)31)13-12-20(32-19)22(28)24-21-16(2)25(3)27(23(21)29)17-8-6-5-7-9-17/h5-11,14,20H,12-13H2,1-4H3,(H,24,28). The maximum absolute atomic E-state index is 13.2. The van der Waals surface area contributed by atoms with E-state index >= 15 is 0 Å². The lowest BCUT2D eigenvalue weighted by Crippen LogP contribution is -2.37. The fourth-order valence-electron chi connectivity index (χ4n) is 3.93. The van der Waals surface area contributed by atoms with Crippen molar-refractivity contribution in [3.8, 4) is 11.4 Å². The molecule has 1 unspecified atom stereocenters. The molecule has 33 heavy (non-hydrogen) atoms. The second kappa shape index (κ2) is 8.43. The number of para-hydroxylation sites is 1. The number of ether oxygens (including phenoxy) is 1. The summed E-state index contributed by atoms with van der Waals surface area (Å²) in [4.78, 5) is 26.3. The molecule has 9 nitrogen and oxygen atoms in total. The second-order valence-corrected chi connectivity index (χ2v) is 10.0. The third kappa shape index (κ3) is 4.25. The van der Waals surface area contributed by atoms with Crippen molar-refractivity contribution in [1.29, 1.82) is 0 Å². The lowest BCUT2D eigenvalue weighted by molar-refractivity contribution is -0.122. The average molecular weight is 471 g/mol. The number of fused-ring (bicyclic) bond motifs is 1. The summed E-state index contributed by atoms with van der Waals surface area (Å²) in [5.74, 6) is -0.210. The van der Waals surface area contributed by atoms with Gasteiger partial charge in [-0.15, -0.1) is 0 Å². The zero-order chi connectivity index (χ0) is 23.9. The van der Waals surface area contributed by atoms with E-state index in [0.29, 0.717) is 22.8 Å². The van der Waals surface area contributed by atoms with Crippen molar-refractivity contribution in [2.24, 2.45) is 7.05 Å². The molecule has 0 fully saturated rings. The number of carbonyl (C=O) groups excluding carboxylic acids is 1.